The Morgan fingerprint density at radius 3 is 2.27 bits per heavy atom. The van der Waals surface area contributed by atoms with Crippen LogP contribution in [0.1, 0.15) is 48.9 Å². The van der Waals surface area contributed by atoms with Gasteiger partial charge in [0, 0.05) is 5.02 Å². The summed E-state index contributed by atoms with van der Waals surface area (Å²) in [7, 11) is 0. The van der Waals surface area contributed by atoms with Gasteiger partial charge in [-0.1, -0.05) is 62.7 Å². The first-order valence-electron chi connectivity index (χ1n) is 8.15. The van der Waals surface area contributed by atoms with Gasteiger partial charge in [-0.2, -0.15) is 13.2 Å². The third-order valence-corrected chi connectivity index (χ3v) is 4.55. The van der Waals surface area contributed by atoms with Gasteiger partial charge in [0.1, 0.15) is 0 Å². The van der Waals surface area contributed by atoms with Gasteiger partial charge in [-0.15, -0.1) is 0 Å². The predicted molar refractivity (Wildman–Crippen MR) is 97.2 cm³/mol. The number of rotatable bonds is 4. The molecule has 2 N–H and O–H groups in total. The lowest BCUT2D eigenvalue weighted by Crippen LogP contribution is -2.24. The van der Waals surface area contributed by atoms with Gasteiger partial charge in [0.2, 0.25) is 5.91 Å². The van der Waals surface area contributed by atoms with E-state index in [1.165, 1.54) is 12.1 Å². The van der Waals surface area contributed by atoms with E-state index in [1.54, 1.807) is 6.07 Å². The number of nitrogens with two attached hydrogens (primary N) is 1. The predicted octanol–water partition coefficient (Wildman–Crippen LogP) is 5.47. The molecule has 0 aliphatic rings. The lowest BCUT2D eigenvalue weighted by atomic mass is 9.85. The Labute approximate surface area is 156 Å². The van der Waals surface area contributed by atoms with Crippen LogP contribution < -0.4 is 5.73 Å². The van der Waals surface area contributed by atoms with E-state index < -0.39 is 23.6 Å². The Kier molecular flexibility index (Phi) is 5.71. The van der Waals surface area contributed by atoms with Crippen LogP contribution in [0.4, 0.5) is 13.2 Å². The molecule has 0 aliphatic carbocycles. The Balaban J connectivity index is 2.36. The third-order valence-electron chi connectivity index (χ3n) is 4.24. The lowest BCUT2D eigenvalue weighted by molar-refractivity contribution is -0.137. The Morgan fingerprint density at radius 1 is 1.12 bits per heavy atom. The molecule has 2 aromatic rings. The molecule has 1 unspecified atom stereocenters. The van der Waals surface area contributed by atoms with Gasteiger partial charge in [0.25, 0.3) is 0 Å². The summed E-state index contributed by atoms with van der Waals surface area (Å²) in [4.78, 5) is 11.9. The molecule has 0 fully saturated rings. The van der Waals surface area contributed by atoms with E-state index in [2.05, 4.69) is 0 Å². The van der Waals surface area contributed by atoms with Gasteiger partial charge in [-0.25, -0.2) is 0 Å². The smallest absolute Gasteiger partial charge is 0.369 e. The third kappa shape index (κ3) is 4.79. The van der Waals surface area contributed by atoms with Crippen molar-refractivity contribution >= 4 is 17.5 Å². The number of halogens is 4. The van der Waals surface area contributed by atoms with Crippen LogP contribution in [0.3, 0.4) is 0 Å². The van der Waals surface area contributed by atoms with Crippen LogP contribution in [0.15, 0.2) is 42.5 Å². The van der Waals surface area contributed by atoms with E-state index in [9.17, 15) is 18.0 Å². The zero-order chi connectivity index (χ0) is 19.7. The number of carbonyl (C=O) groups excluding carboxylic acids is 1. The highest BCUT2D eigenvalue weighted by Crippen LogP contribution is 2.34. The molecule has 0 saturated heterocycles. The summed E-state index contributed by atoms with van der Waals surface area (Å²) in [6.07, 6.45) is -4.29. The van der Waals surface area contributed by atoms with Gasteiger partial charge in [0.15, 0.2) is 0 Å². The molecule has 0 radical (unpaired) electrons. The van der Waals surface area contributed by atoms with Crippen molar-refractivity contribution < 1.29 is 18.0 Å². The van der Waals surface area contributed by atoms with Crippen molar-refractivity contribution in [3.63, 3.8) is 0 Å². The van der Waals surface area contributed by atoms with E-state index in [-0.39, 0.29) is 17.4 Å². The molecule has 6 heteroatoms. The molecule has 26 heavy (non-hydrogen) atoms. The average molecular weight is 384 g/mol. The minimum Gasteiger partial charge on any atom is -0.369 e. The molecule has 2 rings (SSSR count). The van der Waals surface area contributed by atoms with Gasteiger partial charge in [-0.05, 0) is 40.7 Å². The highest BCUT2D eigenvalue weighted by Gasteiger charge is 2.31. The Hall–Kier alpha value is -2.01. The topological polar surface area (TPSA) is 43.1 Å². The quantitative estimate of drug-likeness (QED) is 0.747. The monoisotopic (exact) mass is 383 g/mol. The average Bonchev–Trinajstić information content (AvgIpc) is 2.50. The maximum Gasteiger partial charge on any atom is 0.416 e. The molecule has 2 aromatic carbocycles. The normalized spacial score (nSPS) is 13.5. The first-order valence-corrected chi connectivity index (χ1v) is 8.53. The lowest BCUT2D eigenvalue weighted by Gasteiger charge is -2.22. The van der Waals surface area contributed by atoms with E-state index in [4.69, 9.17) is 17.3 Å². The minimum absolute atomic E-state index is 0.139. The SMILES string of the molecule is CC(C)(C)c1ccc(CC(C(N)=O)c2cccc(C(F)(F)F)c2)cc1Cl. The van der Waals surface area contributed by atoms with Crippen molar-refractivity contribution in [2.24, 2.45) is 5.73 Å². The second-order valence-electron chi connectivity index (χ2n) is 7.35. The largest absolute Gasteiger partial charge is 0.416 e. The first kappa shape index (κ1) is 20.3. The molecule has 1 amide bonds. The minimum atomic E-state index is -4.48. The van der Waals surface area contributed by atoms with Crippen LogP contribution >= 0.6 is 11.6 Å². The second kappa shape index (κ2) is 7.31. The number of benzene rings is 2. The molecule has 0 saturated carbocycles. The summed E-state index contributed by atoms with van der Waals surface area (Å²) in [5.74, 6) is -1.55. The number of hydrogen-bond acceptors (Lipinski definition) is 1. The van der Waals surface area contributed by atoms with Gasteiger partial charge >= 0.3 is 6.18 Å². The molecule has 140 valence electrons. The zero-order valence-corrected chi connectivity index (χ0v) is 15.6. The molecule has 0 aliphatic heterocycles. The standard InChI is InChI=1S/C20H21ClF3NO/c1-19(2,3)16-8-7-12(10-17(16)21)9-15(18(25)26)13-5-4-6-14(11-13)20(22,23)24/h4-8,10-11,15H,9H2,1-3H3,(H2,25,26). The second-order valence-corrected chi connectivity index (χ2v) is 7.75. The number of carbonyl (C=O) groups is 1. The molecule has 2 nitrogen and oxygen atoms in total. The highest BCUT2D eigenvalue weighted by molar-refractivity contribution is 6.31. The Bertz CT molecular complexity index is 809. The van der Waals surface area contributed by atoms with Crippen molar-refractivity contribution in [2.45, 2.75) is 44.7 Å². The van der Waals surface area contributed by atoms with Gasteiger partial charge < -0.3 is 5.73 Å². The van der Waals surface area contributed by atoms with Crippen LogP contribution in [0.2, 0.25) is 5.02 Å². The van der Waals surface area contributed by atoms with E-state index in [1.807, 2.05) is 32.9 Å². The van der Waals surface area contributed by atoms with Gasteiger partial charge in [0.05, 0.1) is 11.5 Å². The number of primary amides is 1. The summed E-state index contributed by atoms with van der Waals surface area (Å²) >= 11 is 6.34. The summed E-state index contributed by atoms with van der Waals surface area (Å²) in [5, 5.41) is 0.558. The van der Waals surface area contributed by atoms with E-state index >= 15 is 0 Å². The van der Waals surface area contributed by atoms with Crippen LogP contribution in [0, 0.1) is 0 Å². The number of hydrogen-bond donors (Lipinski definition) is 1. The Morgan fingerprint density at radius 2 is 1.77 bits per heavy atom. The zero-order valence-electron chi connectivity index (χ0n) is 14.8. The first-order chi connectivity index (χ1) is 11.9. The van der Waals surface area contributed by atoms with Crippen molar-refractivity contribution in [3.05, 3.63) is 69.7 Å². The van der Waals surface area contributed by atoms with Crippen LogP contribution in [0.5, 0.6) is 0 Å². The number of alkyl halides is 3. The number of amides is 1. The molecular formula is C20H21ClF3NO. The fourth-order valence-corrected chi connectivity index (χ4v) is 3.33. The maximum absolute atomic E-state index is 12.9. The summed E-state index contributed by atoms with van der Waals surface area (Å²) in [6.45, 7) is 6.09. The fourth-order valence-electron chi connectivity index (χ4n) is 2.84. The fraction of sp³-hybridized carbons (Fsp3) is 0.350. The van der Waals surface area contributed by atoms with E-state index in [0.717, 1.165) is 23.3 Å². The molecular weight excluding hydrogens is 363 g/mol. The van der Waals surface area contributed by atoms with Gasteiger partial charge in [-0.3, -0.25) is 4.79 Å². The summed E-state index contributed by atoms with van der Waals surface area (Å²) in [5.41, 5.74) is 6.45. The highest BCUT2D eigenvalue weighted by atomic mass is 35.5. The van der Waals surface area contributed by atoms with Crippen LogP contribution in [-0.2, 0) is 22.8 Å². The van der Waals surface area contributed by atoms with Crippen LogP contribution in [0.25, 0.3) is 0 Å². The summed E-state index contributed by atoms with van der Waals surface area (Å²) < 4.78 is 38.8. The van der Waals surface area contributed by atoms with Crippen LogP contribution in [-0.4, -0.2) is 5.91 Å². The molecule has 0 bridgehead atoms. The van der Waals surface area contributed by atoms with Crippen molar-refractivity contribution in [2.75, 3.05) is 0 Å². The van der Waals surface area contributed by atoms with Crippen molar-refractivity contribution in [3.8, 4) is 0 Å². The molecule has 0 aromatic heterocycles. The molecule has 0 heterocycles. The van der Waals surface area contributed by atoms with Crippen molar-refractivity contribution in [1.29, 1.82) is 0 Å². The van der Waals surface area contributed by atoms with E-state index in [0.29, 0.717) is 5.02 Å². The maximum atomic E-state index is 12.9. The van der Waals surface area contributed by atoms with Crippen molar-refractivity contribution in [1.82, 2.24) is 0 Å². The summed E-state index contributed by atoms with van der Waals surface area (Å²) in [6, 6.07) is 10.2. The molecule has 0 spiro atoms. The molecule has 1 atom stereocenters.